The van der Waals surface area contributed by atoms with E-state index in [2.05, 4.69) is 4.98 Å². The number of anilines is 1. The zero-order chi connectivity index (χ0) is 14.8. The van der Waals surface area contributed by atoms with Crippen LogP contribution in [0.5, 0.6) is 0 Å². The highest BCUT2D eigenvalue weighted by Gasteiger charge is 2.18. The van der Waals surface area contributed by atoms with Crippen LogP contribution in [-0.4, -0.2) is 17.9 Å². The summed E-state index contributed by atoms with van der Waals surface area (Å²) in [6, 6.07) is 16.1. The Morgan fingerprint density at radius 2 is 2.05 bits per heavy atom. The first-order valence-electron chi connectivity index (χ1n) is 6.33. The largest absolute Gasteiger partial charge is 0.423 e. The van der Waals surface area contributed by atoms with Crippen molar-refractivity contribution in [3.63, 3.8) is 0 Å². The number of para-hydroxylation sites is 2. The summed E-state index contributed by atoms with van der Waals surface area (Å²) >= 11 is 0. The van der Waals surface area contributed by atoms with Crippen molar-refractivity contribution in [3.8, 4) is 6.07 Å². The number of hydrogen-bond donors (Lipinski definition) is 0. The molecule has 0 fully saturated rings. The van der Waals surface area contributed by atoms with Gasteiger partial charge in [-0.1, -0.05) is 18.2 Å². The predicted molar refractivity (Wildman–Crippen MR) is 77.9 cm³/mol. The second kappa shape index (κ2) is 5.10. The molecule has 5 nitrogen and oxygen atoms in total. The lowest BCUT2D eigenvalue weighted by Gasteiger charge is -2.12. The minimum absolute atomic E-state index is 0.226. The number of carbonyl (C=O) groups excluding carboxylic acids is 1. The minimum atomic E-state index is -0.279. The molecular formula is C16H11N3O2. The van der Waals surface area contributed by atoms with Gasteiger partial charge in [0.2, 0.25) is 0 Å². The summed E-state index contributed by atoms with van der Waals surface area (Å²) in [4.78, 5) is 18.0. The van der Waals surface area contributed by atoms with Crippen LogP contribution in [0.4, 0.5) is 6.01 Å². The summed E-state index contributed by atoms with van der Waals surface area (Å²) in [6.07, 6.45) is 0. The number of hydrogen-bond acceptors (Lipinski definition) is 4. The Kier molecular flexibility index (Phi) is 3.13. The van der Waals surface area contributed by atoms with E-state index in [1.165, 1.54) is 4.90 Å². The average molecular weight is 277 g/mol. The number of oxazole rings is 1. The van der Waals surface area contributed by atoms with Gasteiger partial charge in [-0.15, -0.1) is 0 Å². The molecule has 3 aromatic rings. The summed E-state index contributed by atoms with van der Waals surface area (Å²) in [5, 5.41) is 8.89. The van der Waals surface area contributed by atoms with Crippen LogP contribution in [0.2, 0.25) is 0 Å². The zero-order valence-corrected chi connectivity index (χ0v) is 11.3. The van der Waals surface area contributed by atoms with Crippen LogP contribution >= 0.6 is 0 Å². The van der Waals surface area contributed by atoms with E-state index in [1.807, 2.05) is 24.3 Å². The molecule has 1 aromatic heterocycles. The number of aromatic nitrogens is 1. The molecule has 0 unspecified atom stereocenters. The van der Waals surface area contributed by atoms with Crippen LogP contribution in [-0.2, 0) is 0 Å². The predicted octanol–water partition coefficient (Wildman–Crippen LogP) is 2.98. The Morgan fingerprint density at radius 1 is 1.24 bits per heavy atom. The zero-order valence-electron chi connectivity index (χ0n) is 11.3. The molecule has 3 rings (SSSR count). The van der Waals surface area contributed by atoms with Gasteiger partial charge in [0, 0.05) is 12.6 Å². The van der Waals surface area contributed by atoms with E-state index >= 15 is 0 Å². The van der Waals surface area contributed by atoms with Gasteiger partial charge in [-0.05, 0) is 30.3 Å². The molecular weight excluding hydrogens is 266 g/mol. The molecule has 0 saturated carbocycles. The van der Waals surface area contributed by atoms with E-state index < -0.39 is 0 Å². The standard InChI is InChI=1S/C16H11N3O2/c1-19(15(20)12-6-4-5-11(9-12)10-17)16-18-13-7-2-3-8-14(13)21-16/h2-9H,1H3. The fourth-order valence-corrected chi connectivity index (χ4v) is 2.01. The van der Waals surface area contributed by atoms with Crippen molar-refractivity contribution in [1.82, 2.24) is 4.98 Å². The summed E-state index contributed by atoms with van der Waals surface area (Å²) in [5.74, 6) is -0.279. The average Bonchev–Trinajstić information content (AvgIpc) is 2.97. The maximum Gasteiger partial charge on any atom is 0.305 e. The summed E-state index contributed by atoms with van der Waals surface area (Å²) < 4.78 is 5.56. The highest BCUT2D eigenvalue weighted by Crippen LogP contribution is 2.22. The molecule has 0 aliphatic carbocycles. The summed E-state index contributed by atoms with van der Waals surface area (Å²) in [6.45, 7) is 0. The van der Waals surface area contributed by atoms with Crippen LogP contribution < -0.4 is 4.90 Å². The highest BCUT2D eigenvalue weighted by atomic mass is 16.4. The molecule has 21 heavy (non-hydrogen) atoms. The number of amides is 1. The lowest BCUT2D eigenvalue weighted by molar-refractivity contribution is 0.0988. The van der Waals surface area contributed by atoms with Crippen molar-refractivity contribution in [2.45, 2.75) is 0 Å². The van der Waals surface area contributed by atoms with Crippen LogP contribution in [0.25, 0.3) is 11.1 Å². The molecule has 0 saturated heterocycles. The van der Waals surface area contributed by atoms with Gasteiger partial charge in [-0.3, -0.25) is 9.69 Å². The number of nitrogens with zero attached hydrogens (tertiary/aromatic N) is 3. The number of carbonyl (C=O) groups is 1. The molecule has 5 heteroatoms. The van der Waals surface area contributed by atoms with E-state index in [0.717, 1.165) is 0 Å². The molecule has 1 amide bonds. The molecule has 0 spiro atoms. The first-order valence-corrected chi connectivity index (χ1v) is 6.33. The highest BCUT2D eigenvalue weighted by molar-refractivity contribution is 6.05. The summed E-state index contributed by atoms with van der Waals surface area (Å²) in [5.41, 5.74) is 2.17. The Hall–Kier alpha value is -3.13. The first kappa shape index (κ1) is 12.9. The summed E-state index contributed by atoms with van der Waals surface area (Å²) in [7, 11) is 1.59. The third-order valence-corrected chi connectivity index (χ3v) is 3.11. The molecule has 0 radical (unpaired) electrons. The van der Waals surface area contributed by atoms with Crippen molar-refractivity contribution >= 4 is 23.0 Å². The molecule has 0 bridgehead atoms. The second-order valence-corrected chi connectivity index (χ2v) is 4.52. The van der Waals surface area contributed by atoms with Crippen LogP contribution in [0.3, 0.4) is 0 Å². The SMILES string of the molecule is CN(C(=O)c1cccc(C#N)c1)c1nc2ccccc2o1. The topological polar surface area (TPSA) is 70.1 Å². The van der Waals surface area contributed by atoms with Gasteiger partial charge in [0.25, 0.3) is 5.91 Å². The van der Waals surface area contributed by atoms with Crippen molar-refractivity contribution < 1.29 is 9.21 Å². The van der Waals surface area contributed by atoms with Crippen molar-refractivity contribution in [2.75, 3.05) is 11.9 Å². The molecule has 1 heterocycles. The van der Waals surface area contributed by atoms with E-state index in [0.29, 0.717) is 22.2 Å². The fourth-order valence-electron chi connectivity index (χ4n) is 2.01. The Morgan fingerprint density at radius 3 is 2.81 bits per heavy atom. The first-order chi connectivity index (χ1) is 10.2. The van der Waals surface area contributed by atoms with Gasteiger partial charge in [-0.25, -0.2) is 0 Å². The van der Waals surface area contributed by atoms with Gasteiger partial charge < -0.3 is 4.42 Å². The van der Waals surface area contributed by atoms with Crippen LogP contribution in [0.15, 0.2) is 52.9 Å². The smallest absolute Gasteiger partial charge is 0.305 e. The van der Waals surface area contributed by atoms with Gasteiger partial charge in [0.15, 0.2) is 5.58 Å². The number of fused-ring (bicyclic) bond motifs is 1. The van der Waals surface area contributed by atoms with Gasteiger partial charge in [0.1, 0.15) is 5.52 Å². The van der Waals surface area contributed by atoms with Crippen molar-refractivity contribution in [2.24, 2.45) is 0 Å². The minimum Gasteiger partial charge on any atom is -0.423 e. The van der Waals surface area contributed by atoms with E-state index in [-0.39, 0.29) is 11.9 Å². The van der Waals surface area contributed by atoms with E-state index in [4.69, 9.17) is 9.68 Å². The molecule has 2 aromatic carbocycles. The van der Waals surface area contributed by atoms with Gasteiger partial charge in [0.05, 0.1) is 11.6 Å². The van der Waals surface area contributed by atoms with E-state index in [9.17, 15) is 4.79 Å². The number of benzene rings is 2. The van der Waals surface area contributed by atoms with E-state index in [1.54, 1.807) is 37.4 Å². The Balaban J connectivity index is 1.95. The number of rotatable bonds is 2. The monoisotopic (exact) mass is 277 g/mol. The lowest BCUT2D eigenvalue weighted by Crippen LogP contribution is -2.26. The molecule has 0 aliphatic heterocycles. The normalized spacial score (nSPS) is 10.3. The van der Waals surface area contributed by atoms with Gasteiger partial charge >= 0.3 is 6.01 Å². The number of nitriles is 1. The van der Waals surface area contributed by atoms with Crippen LogP contribution in [0.1, 0.15) is 15.9 Å². The van der Waals surface area contributed by atoms with Crippen LogP contribution in [0, 0.1) is 11.3 Å². The third kappa shape index (κ3) is 2.35. The van der Waals surface area contributed by atoms with Crippen molar-refractivity contribution in [3.05, 3.63) is 59.7 Å². The maximum absolute atomic E-state index is 12.4. The second-order valence-electron chi connectivity index (χ2n) is 4.52. The van der Waals surface area contributed by atoms with Crippen molar-refractivity contribution in [1.29, 1.82) is 5.26 Å². The fraction of sp³-hybridized carbons (Fsp3) is 0.0625. The molecule has 0 aliphatic rings. The quantitative estimate of drug-likeness (QED) is 0.722. The Bertz CT molecular complexity index is 828. The third-order valence-electron chi connectivity index (χ3n) is 3.11. The molecule has 0 atom stereocenters. The lowest BCUT2D eigenvalue weighted by atomic mass is 10.1. The molecule has 102 valence electrons. The Labute approximate surface area is 121 Å². The molecule has 0 N–H and O–H groups in total. The maximum atomic E-state index is 12.4. The van der Waals surface area contributed by atoms with Gasteiger partial charge in [-0.2, -0.15) is 10.2 Å².